The average Bonchev–Trinajstić information content (AvgIpc) is 3.40. The van der Waals surface area contributed by atoms with Crippen LogP contribution in [0.3, 0.4) is 0 Å². The zero-order valence-corrected chi connectivity index (χ0v) is 18.1. The van der Waals surface area contributed by atoms with Gasteiger partial charge in [-0.15, -0.1) is 11.3 Å². The van der Waals surface area contributed by atoms with Crippen LogP contribution in [0.15, 0.2) is 59.6 Å². The lowest BCUT2D eigenvalue weighted by molar-refractivity contribution is -0.132. The van der Waals surface area contributed by atoms with Crippen LogP contribution < -0.4 is 14.4 Å². The SMILES string of the molecule is COc1ccc([C@@H]2/C(=C(\O)c3ccc(Cl)cc3)C(=O)C(=O)N2c2nccs2)cc1OC. The third-order valence-electron chi connectivity index (χ3n) is 4.91. The molecule has 1 aromatic heterocycles. The summed E-state index contributed by atoms with van der Waals surface area (Å²) in [6.45, 7) is 0. The second-order valence-electron chi connectivity index (χ2n) is 6.61. The third kappa shape index (κ3) is 3.64. The number of halogens is 1. The molecular formula is C22H17ClN2O5S. The Hall–Kier alpha value is -3.36. The molecular weight excluding hydrogens is 440 g/mol. The number of amides is 1. The fourth-order valence-corrected chi connectivity index (χ4v) is 4.26. The highest BCUT2D eigenvalue weighted by molar-refractivity contribution is 7.14. The minimum absolute atomic E-state index is 0.0465. The maximum atomic E-state index is 13.0. The Kier molecular flexibility index (Phi) is 5.67. The van der Waals surface area contributed by atoms with Gasteiger partial charge in [0, 0.05) is 22.2 Å². The van der Waals surface area contributed by atoms with Crippen molar-refractivity contribution in [2.45, 2.75) is 6.04 Å². The Bertz CT molecular complexity index is 1180. The van der Waals surface area contributed by atoms with E-state index in [1.54, 1.807) is 54.0 Å². The fraction of sp³-hybridized carbons (Fsp3) is 0.136. The Labute approximate surface area is 187 Å². The summed E-state index contributed by atoms with van der Waals surface area (Å²) in [5.74, 6) is -0.951. The normalized spacial score (nSPS) is 17.8. The Balaban J connectivity index is 1.94. The summed E-state index contributed by atoms with van der Waals surface area (Å²) < 4.78 is 10.7. The quantitative estimate of drug-likeness (QED) is 0.347. The molecule has 9 heteroatoms. The second kappa shape index (κ2) is 8.41. The molecule has 1 aliphatic rings. The van der Waals surface area contributed by atoms with Crippen molar-refractivity contribution < 1.29 is 24.2 Å². The van der Waals surface area contributed by atoms with Gasteiger partial charge in [-0.3, -0.25) is 14.5 Å². The molecule has 0 radical (unpaired) electrons. The number of thiazole rings is 1. The van der Waals surface area contributed by atoms with Crippen LogP contribution in [0, 0.1) is 0 Å². The number of benzene rings is 2. The smallest absolute Gasteiger partial charge is 0.301 e. The van der Waals surface area contributed by atoms with Gasteiger partial charge in [-0.1, -0.05) is 17.7 Å². The van der Waals surface area contributed by atoms with Crippen molar-refractivity contribution in [1.29, 1.82) is 0 Å². The van der Waals surface area contributed by atoms with Gasteiger partial charge >= 0.3 is 5.91 Å². The summed E-state index contributed by atoms with van der Waals surface area (Å²) in [4.78, 5) is 31.5. The van der Waals surface area contributed by atoms with Crippen molar-refractivity contribution in [3.63, 3.8) is 0 Å². The molecule has 31 heavy (non-hydrogen) atoms. The van der Waals surface area contributed by atoms with Crippen molar-refractivity contribution >= 4 is 45.5 Å². The van der Waals surface area contributed by atoms with Gasteiger partial charge in [-0.25, -0.2) is 4.98 Å². The number of carbonyl (C=O) groups is 2. The van der Waals surface area contributed by atoms with E-state index in [0.717, 1.165) is 0 Å². The van der Waals surface area contributed by atoms with Crippen LogP contribution in [0.25, 0.3) is 5.76 Å². The predicted molar refractivity (Wildman–Crippen MR) is 118 cm³/mol. The number of aliphatic hydroxyl groups excluding tert-OH is 1. The zero-order chi connectivity index (χ0) is 22.1. The number of hydrogen-bond acceptors (Lipinski definition) is 7. The van der Waals surface area contributed by atoms with E-state index in [1.807, 2.05) is 0 Å². The highest BCUT2D eigenvalue weighted by Crippen LogP contribution is 2.44. The van der Waals surface area contributed by atoms with Crippen molar-refractivity contribution in [2.24, 2.45) is 0 Å². The number of ether oxygens (including phenoxy) is 2. The van der Waals surface area contributed by atoms with Gasteiger partial charge in [0.1, 0.15) is 5.76 Å². The number of aliphatic hydroxyl groups is 1. The summed E-state index contributed by atoms with van der Waals surface area (Å²) in [6.07, 6.45) is 1.55. The molecule has 1 saturated heterocycles. The Morgan fingerprint density at radius 2 is 1.81 bits per heavy atom. The molecule has 0 spiro atoms. The molecule has 2 aromatic carbocycles. The van der Waals surface area contributed by atoms with Crippen molar-refractivity contribution in [2.75, 3.05) is 19.1 Å². The van der Waals surface area contributed by atoms with Crippen LogP contribution in [0.5, 0.6) is 11.5 Å². The van der Waals surface area contributed by atoms with Crippen molar-refractivity contribution in [3.05, 3.63) is 75.8 Å². The highest BCUT2D eigenvalue weighted by Gasteiger charge is 2.48. The number of rotatable bonds is 5. The van der Waals surface area contributed by atoms with Crippen LogP contribution >= 0.6 is 22.9 Å². The first-order valence-electron chi connectivity index (χ1n) is 9.14. The second-order valence-corrected chi connectivity index (χ2v) is 7.91. The predicted octanol–water partition coefficient (Wildman–Crippen LogP) is 4.44. The van der Waals surface area contributed by atoms with E-state index in [-0.39, 0.29) is 11.3 Å². The maximum absolute atomic E-state index is 13.0. The zero-order valence-electron chi connectivity index (χ0n) is 16.5. The number of aromatic nitrogens is 1. The lowest BCUT2D eigenvalue weighted by Gasteiger charge is -2.23. The summed E-state index contributed by atoms with van der Waals surface area (Å²) in [5.41, 5.74) is 0.879. The van der Waals surface area contributed by atoms with Gasteiger partial charge in [0.15, 0.2) is 16.6 Å². The number of hydrogen-bond donors (Lipinski definition) is 1. The van der Waals surface area contributed by atoms with E-state index in [0.29, 0.717) is 32.8 Å². The minimum atomic E-state index is -0.901. The molecule has 0 saturated carbocycles. The number of Topliss-reactive ketones (excluding diaryl/α,β-unsaturated/α-hetero) is 1. The first-order valence-corrected chi connectivity index (χ1v) is 10.4. The van der Waals surface area contributed by atoms with E-state index < -0.39 is 17.7 Å². The van der Waals surface area contributed by atoms with Crippen LogP contribution in [0.1, 0.15) is 17.2 Å². The molecule has 7 nitrogen and oxygen atoms in total. The van der Waals surface area contributed by atoms with Gasteiger partial charge in [0.05, 0.1) is 25.8 Å². The molecule has 0 unspecified atom stereocenters. The van der Waals surface area contributed by atoms with Crippen LogP contribution in [-0.2, 0) is 9.59 Å². The van der Waals surface area contributed by atoms with Crippen LogP contribution in [0.4, 0.5) is 5.13 Å². The molecule has 2 heterocycles. The summed E-state index contributed by atoms with van der Waals surface area (Å²) in [6, 6.07) is 10.5. The largest absolute Gasteiger partial charge is 0.507 e. The Morgan fingerprint density at radius 3 is 2.42 bits per heavy atom. The number of ketones is 1. The first kappa shape index (κ1) is 20.9. The van der Waals surface area contributed by atoms with E-state index in [2.05, 4.69) is 4.98 Å². The van der Waals surface area contributed by atoms with Crippen molar-refractivity contribution in [1.82, 2.24) is 4.98 Å². The van der Waals surface area contributed by atoms with E-state index in [1.165, 1.54) is 30.5 Å². The molecule has 158 valence electrons. The topological polar surface area (TPSA) is 89.0 Å². The molecule has 3 aromatic rings. The molecule has 0 bridgehead atoms. The number of methoxy groups -OCH3 is 2. The Morgan fingerprint density at radius 1 is 1.10 bits per heavy atom. The minimum Gasteiger partial charge on any atom is -0.507 e. The average molecular weight is 457 g/mol. The summed E-state index contributed by atoms with van der Waals surface area (Å²) >= 11 is 7.16. The van der Waals surface area contributed by atoms with Crippen LogP contribution in [0.2, 0.25) is 5.02 Å². The number of nitrogens with zero attached hydrogens (tertiary/aromatic N) is 2. The molecule has 1 aliphatic heterocycles. The summed E-state index contributed by atoms with van der Waals surface area (Å²) in [7, 11) is 3.01. The molecule has 4 rings (SSSR count). The van der Waals surface area contributed by atoms with Crippen molar-refractivity contribution in [3.8, 4) is 11.5 Å². The molecule has 1 atom stereocenters. The van der Waals surface area contributed by atoms with Gasteiger partial charge in [-0.2, -0.15) is 0 Å². The molecule has 1 fully saturated rings. The third-order valence-corrected chi connectivity index (χ3v) is 5.93. The van der Waals surface area contributed by atoms with Gasteiger partial charge in [-0.05, 0) is 42.0 Å². The van der Waals surface area contributed by atoms with Gasteiger partial charge < -0.3 is 14.6 Å². The van der Waals surface area contributed by atoms with E-state index >= 15 is 0 Å². The van der Waals surface area contributed by atoms with Gasteiger partial charge in [0.2, 0.25) is 0 Å². The number of carbonyl (C=O) groups excluding carboxylic acids is 2. The molecule has 0 aliphatic carbocycles. The van der Waals surface area contributed by atoms with E-state index in [4.69, 9.17) is 21.1 Å². The van der Waals surface area contributed by atoms with Crippen LogP contribution in [-0.4, -0.2) is 36.0 Å². The first-order chi connectivity index (χ1) is 15.0. The standard InChI is InChI=1S/C22H17ClN2O5S/c1-29-15-8-5-13(11-16(15)30-2)18-17(19(26)12-3-6-14(23)7-4-12)20(27)21(28)25(18)22-24-9-10-31-22/h3-11,18,26H,1-2H3/b19-17+/t18-/m1/s1. The highest BCUT2D eigenvalue weighted by atomic mass is 35.5. The fourth-order valence-electron chi connectivity index (χ4n) is 3.47. The lowest BCUT2D eigenvalue weighted by atomic mass is 9.95. The molecule has 1 N–H and O–H groups in total. The maximum Gasteiger partial charge on any atom is 0.301 e. The lowest BCUT2D eigenvalue weighted by Crippen LogP contribution is -2.29. The number of anilines is 1. The summed E-state index contributed by atoms with van der Waals surface area (Å²) in [5, 5.41) is 13.6. The van der Waals surface area contributed by atoms with Gasteiger partial charge in [0.25, 0.3) is 5.78 Å². The molecule has 1 amide bonds. The monoisotopic (exact) mass is 456 g/mol. The van der Waals surface area contributed by atoms with E-state index in [9.17, 15) is 14.7 Å².